The summed E-state index contributed by atoms with van der Waals surface area (Å²) in [5.74, 6) is 0.562. The van der Waals surface area contributed by atoms with Crippen LogP contribution in [0.1, 0.15) is 68.1 Å². The standard InChI is InChI=1S/C34H42N4O2/c1-3-4-5-12-19-38-32-18-17-28(24-31(32)35-33(38)26-40-27(2)39)25-36-20-22-37(23-21-36)34(29-13-8-6-9-14-29)30-15-10-7-11-16-30/h6-11,13-18,24,34H,3-5,12,19-23,25-26H2,1-2H3. The van der Waals surface area contributed by atoms with Gasteiger partial charge in [-0.2, -0.15) is 0 Å². The zero-order valence-electron chi connectivity index (χ0n) is 24.0. The van der Waals surface area contributed by atoms with Crippen LogP contribution in [-0.2, 0) is 29.2 Å². The SMILES string of the molecule is CCCCCCn1c(COC(C)=O)nc2cc(CN3CCN(C(c4ccccc4)c4ccccc4)CC3)ccc21. The Bertz CT molecular complexity index is 1320. The van der Waals surface area contributed by atoms with Crippen molar-refractivity contribution in [2.75, 3.05) is 26.2 Å². The highest BCUT2D eigenvalue weighted by Gasteiger charge is 2.26. The van der Waals surface area contributed by atoms with Gasteiger partial charge in [0.25, 0.3) is 0 Å². The number of esters is 1. The van der Waals surface area contributed by atoms with Gasteiger partial charge in [-0.05, 0) is 35.2 Å². The maximum Gasteiger partial charge on any atom is 0.303 e. The van der Waals surface area contributed by atoms with Crippen LogP contribution in [0.3, 0.4) is 0 Å². The molecule has 0 bridgehead atoms. The molecule has 4 aromatic rings. The fourth-order valence-electron chi connectivity index (χ4n) is 5.87. The van der Waals surface area contributed by atoms with Crippen LogP contribution in [0.4, 0.5) is 0 Å². The Morgan fingerprint density at radius 3 is 2.17 bits per heavy atom. The van der Waals surface area contributed by atoms with Crippen LogP contribution in [0.2, 0.25) is 0 Å². The van der Waals surface area contributed by atoms with Crippen molar-refractivity contribution in [2.24, 2.45) is 0 Å². The normalized spacial score (nSPS) is 14.7. The van der Waals surface area contributed by atoms with Gasteiger partial charge in [0.05, 0.1) is 17.1 Å². The van der Waals surface area contributed by atoms with Gasteiger partial charge in [-0.15, -0.1) is 0 Å². The Morgan fingerprint density at radius 1 is 0.875 bits per heavy atom. The monoisotopic (exact) mass is 538 g/mol. The van der Waals surface area contributed by atoms with Crippen LogP contribution in [-0.4, -0.2) is 51.5 Å². The molecule has 0 radical (unpaired) electrons. The van der Waals surface area contributed by atoms with Gasteiger partial charge in [-0.25, -0.2) is 4.98 Å². The molecule has 0 spiro atoms. The van der Waals surface area contributed by atoms with Gasteiger partial charge < -0.3 is 9.30 Å². The molecule has 1 saturated heterocycles. The molecule has 1 aliphatic rings. The molecule has 0 aliphatic carbocycles. The molecular formula is C34H42N4O2. The summed E-state index contributed by atoms with van der Waals surface area (Å²) in [6.45, 7) is 9.81. The predicted octanol–water partition coefficient (Wildman–Crippen LogP) is 6.59. The van der Waals surface area contributed by atoms with E-state index in [1.807, 2.05) is 0 Å². The van der Waals surface area contributed by atoms with Crippen molar-refractivity contribution in [3.8, 4) is 0 Å². The van der Waals surface area contributed by atoms with E-state index in [2.05, 4.69) is 100 Å². The Hall–Kier alpha value is -3.48. The van der Waals surface area contributed by atoms with Crippen molar-refractivity contribution in [3.63, 3.8) is 0 Å². The molecule has 210 valence electrons. The molecule has 0 N–H and O–H groups in total. The van der Waals surface area contributed by atoms with Crippen LogP contribution >= 0.6 is 0 Å². The highest BCUT2D eigenvalue weighted by atomic mass is 16.5. The Morgan fingerprint density at radius 2 is 1.55 bits per heavy atom. The summed E-state index contributed by atoms with van der Waals surface area (Å²) >= 11 is 0. The predicted molar refractivity (Wildman–Crippen MR) is 161 cm³/mol. The minimum Gasteiger partial charge on any atom is -0.458 e. The number of fused-ring (bicyclic) bond motifs is 1. The third kappa shape index (κ3) is 6.98. The first-order valence-corrected chi connectivity index (χ1v) is 14.8. The lowest BCUT2D eigenvalue weighted by Gasteiger charge is -2.39. The number of hydrogen-bond acceptors (Lipinski definition) is 5. The van der Waals surface area contributed by atoms with E-state index in [-0.39, 0.29) is 18.6 Å². The van der Waals surface area contributed by atoms with Crippen LogP contribution in [0.25, 0.3) is 11.0 Å². The molecule has 0 atom stereocenters. The van der Waals surface area contributed by atoms with E-state index in [4.69, 9.17) is 9.72 Å². The number of rotatable bonds is 12. The maximum absolute atomic E-state index is 11.5. The average molecular weight is 539 g/mol. The van der Waals surface area contributed by atoms with Crippen molar-refractivity contribution < 1.29 is 9.53 Å². The van der Waals surface area contributed by atoms with E-state index < -0.39 is 0 Å². The second-order valence-corrected chi connectivity index (χ2v) is 10.9. The number of carbonyl (C=O) groups excluding carboxylic acids is 1. The van der Waals surface area contributed by atoms with Crippen molar-refractivity contribution in [1.82, 2.24) is 19.4 Å². The number of imidazole rings is 1. The highest BCUT2D eigenvalue weighted by Crippen LogP contribution is 2.30. The second-order valence-electron chi connectivity index (χ2n) is 10.9. The Kier molecular flexibility index (Phi) is 9.63. The molecule has 40 heavy (non-hydrogen) atoms. The molecule has 5 rings (SSSR count). The summed E-state index contributed by atoms with van der Waals surface area (Å²) < 4.78 is 7.58. The smallest absolute Gasteiger partial charge is 0.303 e. The van der Waals surface area contributed by atoms with Gasteiger partial charge in [-0.3, -0.25) is 14.6 Å². The molecule has 1 aromatic heterocycles. The lowest BCUT2D eigenvalue weighted by molar-refractivity contribution is -0.142. The number of aryl methyl sites for hydroxylation is 1. The van der Waals surface area contributed by atoms with Crippen LogP contribution in [0.15, 0.2) is 78.9 Å². The van der Waals surface area contributed by atoms with Crippen molar-refractivity contribution in [2.45, 2.75) is 65.3 Å². The molecule has 6 heteroatoms. The fraction of sp³-hybridized carbons (Fsp3) is 0.412. The molecule has 0 saturated carbocycles. The lowest BCUT2D eigenvalue weighted by atomic mass is 9.96. The fourth-order valence-corrected chi connectivity index (χ4v) is 5.87. The van der Waals surface area contributed by atoms with Gasteiger partial charge in [0, 0.05) is 46.2 Å². The average Bonchev–Trinajstić information content (AvgIpc) is 3.33. The Balaban J connectivity index is 1.27. The molecule has 3 aromatic carbocycles. The van der Waals surface area contributed by atoms with Gasteiger partial charge in [0.1, 0.15) is 12.4 Å². The van der Waals surface area contributed by atoms with Crippen molar-refractivity contribution in [1.29, 1.82) is 0 Å². The second kappa shape index (κ2) is 13.7. The number of benzene rings is 3. The molecule has 0 amide bonds. The van der Waals surface area contributed by atoms with Gasteiger partial charge in [0.15, 0.2) is 0 Å². The quantitative estimate of drug-likeness (QED) is 0.151. The highest BCUT2D eigenvalue weighted by molar-refractivity contribution is 5.77. The molecule has 6 nitrogen and oxygen atoms in total. The third-order valence-corrected chi connectivity index (χ3v) is 7.94. The number of aromatic nitrogens is 2. The first-order chi connectivity index (χ1) is 19.6. The first-order valence-electron chi connectivity index (χ1n) is 14.8. The summed E-state index contributed by atoms with van der Waals surface area (Å²) in [7, 11) is 0. The largest absolute Gasteiger partial charge is 0.458 e. The number of hydrogen-bond donors (Lipinski definition) is 0. The van der Waals surface area contributed by atoms with Crippen LogP contribution < -0.4 is 0 Å². The number of ether oxygens (including phenoxy) is 1. The van der Waals surface area contributed by atoms with E-state index in [1.54, 1.807) is 0 Å². The first kappa shape index (κ1) is 28.1. The summed E-state index contributed by atoms with van der Waals surface area (Å²) in [6, 6.07) is 28.7. The maximum atomic E-state index is 11.5. The summed E-state index contributed by atoms with van der Waals surface area (Å²) in [5.41, 5.74) is 6.09. The zero-order valence-corrected chi connectivity index (χ0v) is 24.0. The number of nitrogens with zero attached hydrogens (tertiary/aromatic N) is 4. The zero-order chi connectivity index (χ0) is 27.7. The summed E-state index contributed by atoms with van der Waals surface area (Å²) in [5, 5.41) is 0. The summed E-state index contributed by atoms with van der Waals surface area (Å²) in [6.07, 6.45) is 4.75. The van der Waals surface area contributed by atoms with E-state index in [9.17, 15) is 4.79 Å². The summed E-state index contributed by atoms with van der Waals surface area (Å²) in [4.78, 5) is 21.5. The lowest BCUT2D eigenvalue weighted by Crippen LogP contribution is -2.47. The number of piperazine rings is 1. The van der Waals surface area contributed by atoms with E-state index >= 15 is 0 Å². The van der Waals surface area contributed by atoms with E-state index in [0.29, 0.717) is 0 Å². The molecule has 2 heterocycles. The molecule has 0 unspecified atom stereocenters. The number of carbonyl (C=O) groups is 1. The van der Waals surface area contributed by atoms with Crippen molar-refractivity contribution in [3.05, 3.63) is 101 Å². The topological polar surface area (TPSA) is 50.6 Å². The minimum atomic E-state index is -0.272. The number of unbranched alkanes of at least 4 members (excludes halogenated alkanes) is 3. The molecule has 1 fully saturated rings. The van der Waals surface area contributed by atoms with Crippen LogP contribution in [0.5, 0.6) is 0 Å². The van der Waals surface area contributed by atoms with Gasteiger partial charge in [0.2, 0.25) is 0 Å². The van der Waals surface area contributed by atoms with Crippen molar-refractivity contribution >= 4 is 17.0 Å². The molecule has 1 aliphatic heterocycles. The van der Waals surface area contributed by atoms with Gasteiger partial charge in [-0.1, -0.05) is 92.9 Å². The van der Waals surface area contributed by atoms with E-state index in [1.165, 1.54) is 42.9 Å². The van der Waals surface area contributed by atoms with E-state index in [0.717, 1.165) is 62.5 Å². The van der Waals surface area contributed by atoms with Crippen LogP contribution in [0, 0.1) is 0 Å². The Labute approximate surface area is 238 Å². The molecular weight excluding hydrogens is 496 g/mol. The third-order valence-electron chi connectivity index (χ3n) is 7.94. The van der Waals surface area contributed by atoms with Gasteiger partial charge >= 0.3 is 5.97 Å². The minimum absolute atomic E-state index is 0.221.